The molecule has 1 heterocycles. The lowest BCUT2D eigenvalue weighted by molar-refractivity contribution is 0.0856. The number of ketones is 1. The molecule has 0 spiro atoms. The van der Waals surface area contributed by atoms with Gasteiger partial charge in [-0.1, -0.05) is 12.1 Å². The molecule has 1 aliphatic heterocycles. The number of benzene rings is 1. The van der Waals surface area contributed by atoms with E-state index in [0.717, 1.165) is 25.9 Å². The normalized spacial score (nSPS) is 16.7. The van der Waals surface area contributed by atoms with Gasteiger partial charge in [0.25, 0.3) is 0 Å². The van der Waals surface area contributed by atoms with E-state index < -0.39 is 6.09 Å². The number of rotatable bonds is 3. The fourth-order valence-electron chi connectivity index (χ4n) is 2.43. The predicted molar refractivity (Wildman–Crippen MR) is 77.0 cm³/mol. The Labute approximate surface area is 118 Å². The second kappa shape index (κ2) is 6.52. The average molecular weight is 276 g/mol. The van der Waals surface area contributed by atoms with Crippen molar-refractivity contribution in [3.05, 3.63) is 29.8 Å². The molecule has 2 rings (SSSR count). The minimum atomic E-state index is -0.533. The van der Waals surface area contributed by atoms with E-state index in [2.05, 4.69) is 22.0 Å². The number of amides is 1. The lowest BCUT2D eigenvalue weighted by atomic mass is 9.89. The molecule has 1 aromatic rings. The van der Waals surface area contributed by atoms with Crippen LogP contribution in [-0.2, 0) is 4.74 Å². The Balaban J connectivity index is 2.06. The Morgan fingerprint density at radius 3 is 2.65 bits per heavy atom. The molecule has 1 aromatic carbocycles. The Kier molecular flexibility index (Phi) is 4.74. The van der Waals surface area contributed by atoms with Gasteiger partial charge in [-0.3, -0.25) is 10.1 Å². The Hall–Kier alpha value is -1.88. The molecule has 20 heavy (non-hydrogen) atoms. The van der Waals surface area contributed by atoms with E-state index in [4.69, 9.17) is 0 Å². The number of carbonyl (C=O) groups is 2. The molecule has 1 amide bonds. The van der Waals surface area contributed by atoms with E-state index in [-0.39, 0.29) is 11.7 Å². The van der Waals surface area contributed by atoms with Crippen molar-refractivity contribution in [2.45, 2.75) is 12.8 Å². The van der Waals surface area contributed by atoms with Crippen LogP contribution >= 0.6 is 0 Å². The van der Waals surface area contributed by atoms with Gasteiger partial charge in [-0.25, -0.2) is 4.79 Å². The van der Waals surface area contributed by atoms with Gasteiger partial charge in [-0.15, -0.1) is 0 Å². The second-order valence-corrected chi connectivity index (χ2v) is 5.14. The highest BCUT2D eigenvalue weighted by molar-refractivity contribution is 5.99. The smallest absolute Gasteiger partial charge is 0.411 e. The van der Waals surface area contributed by atoms with Gasteiger partial charge in [0, 0.05) is 17.2 Å². The summed E-state index contributed by atoms with van der Waals surface area (Å²) < 4.78 is 4.54. The number of nitrogens with one attached hydrogen (secondary N) is 1. The van der Waals surface area contributed by atoms with Crippen LogP contribution in [0.4, 0.5) is 10.5 Å². The minimum absolute atomic E-state index is 0.0829. The molecule has 0 unspecified atom stereocenters. The number of carbonyl (C=O) groups excluding carboxylic acids is 2. The van der Waals surface area contributed by atoms with Crippen molar-refractivity contribution >= 4 is 17.6 Å². The third-order valence-corrected chi connectivity index (χ3v) is 3.67. The predicted octanol–water partition coefficient (Wildman–Crippen LogP) is 2.39. The van der Waals surface area contributed by atoms with Crippen molar-refractivity contribution in [3.63, 3.8) is 0 Å². The third kappa shape index (κ3) is 3.57. The van der Waals surface area contributed by atoms with E-state index in [0.29, 0.717) is 11.3 Å². The van der Waals surface area contributed by atoms with Gasteiger partial charge in [0.05, 0.1) is 7.11 Å². The molecule has 0 aliphatic carbocycles. The molecule has 0 atom stereocenters. The summed E-state index contributed by atoms with van der Waals surface area (Å²) in [6, 6.07) is 7.01. The number of likely N-dealkylation sites (tertiary alicyclic amines) is 1. The van der Waals surface area contributed by atoms with E-state index >= 15 is 0 Å². The maximum absolute atomic E-state index is 12.5. The zero-order chi connectivity index (χ0) is 14.5. The number of hydrogen-bond acceptors (Lipinski definition) is 4. The first-order valence-corrected chi connectivity index (χ1v) is 6.78. The van der Waals surface area contributed by atoms with Gasteiger partial charge >= 0.3 is 6.09 Å². The van der Waals surface area contributed by atoms with Crippen LogP contribution in [0.5, 0.6) is 0 Å². The zero-order valence-corrected chi connectivity index (χ0v) is 11.9. The second-order valence-electron chi connectivity index (χ2n) is 5.14. The topological polar surface area (TPSA) is 58.6 Å². The Morgan fingerprint density at radius 2 is 2.00 bits per heavy atom. The zero-order valence-electron chi connectivity index (χ0n) is 11.9. The van der Waals surface area contributed by atoms with E-state index in [1.54, 1.807) is 24.3 Å². The lowest BCUT2D eigenvalue weighted by Crippen LogP contribution is -2.33. The molecular formula is C15H20N2O3. The highest BCUT2D eigenvalue weighted by Crippen LogP contribution is 2.22. The summed E-state index contributed by atoms with van der Waals surface area (Å²) in [5, 5.41) is 2.58. The minimum Gasteiger partial charge on any atom is -0.453 e. The van der Waals surface area contributed by atoms with Gasteiger partial charge in [-0.05, 0) is 45.1 Å². The molecule has 0 radical (unpaired) electrons. The van der Waals surface area contributed by atoms with Crippen LogP contribution in [0, 0.1) is 5.92 Å². The summed E-state index contributed by atoms with van der Waals surface area (Å²) in [6.07, 6.45) is 1.25. The van der Waals surface area contributed by atoms with Crippen LogP contribution in [0.3, 0.4) is 0 Å². The van der Waals surface area contributed by atoms with E-state index in [9.17, 15) is 9.59 Å². The van der Waals surface area contributed by atoms with Crippen molar-refractivity contribution in [2.24, 2.45) is 5.92 Å². The molecule has 0 aromatic heterocycles. The summed E-state index contributed by atoms with van der Waals surface area (Å²) in [5.41, 5.74) is 1.23. The molecule has 1 N–H and O–H groups in total. The van der Waals surface area contributed by atoms with Crippen molar-refractivity contribution in [3.8, 4) is 0 Å². The van der Waals surface area contributed by atoms with Gasteiger partial charge in [-0.2, -0.15) is 0 Å². The quantitative estimate of drug-likeness (QED) is 0.861. The van der Waals surface area contributed by atoms with Crippen LogP contribution in [-0.4, -0.2) is 44.0 Å². The van der Waals surface area contributed by atoms with E-state index in [1.165, 1.54) is 7.11 Å². The largest absolute Gasteiger partial charge is 0.453 e. The van der Waals surface area contributed by atoms with E-state index in [1.807, 2.05) is 0 Å². The van der Waals surface area contributed by atoms with Crippen LogP contribution in [0.2, 0.25) is 0 Å². The fraction of sp³-hybridized carbons (Fsp3) is 0.467. The number of nitrogens with zero attached hydrogens (tertiary/aromatic N) is 1. The molecule has 5 nitrogen and oxygen atoms in total. The van der Waals surface area contributed by atoms with Crippen LogP contribution in [0.1, 0.15) is 23.2 Å². The van der Waals surface area contributed by atoms with Gasteiger partial charge < -0.3 is 9.64 Å². The number of Topliss-reactive ketones (excluding diaryl/α,β-unsaturated/α-hetero) is 1. The monoisotopic (exact) mass is 276 g/mol. The summed E-state index contributed by atoms with van der Waals surface area (Å²) in [4.78, 5) is 25.9. The third-order valence-electron chi connectivity index (χ3n) is 3.67. The number of hydrogen-bond donors (Lipinski definition) is 1. The molecule has 5 heteroatoms. The summed E-state index contributed by atoms with van der Waals surface area (Å²) in [6.45, 7) is 1.91. The number of piperidine rings is 1. The SMILES string of the molecule is COC(=O)Nc1cccc(C(=O)C2CCN(C)CC2)c1. The first-order chi connectivity index (χ1) is 9.60. The molecule has 1 aliphatic rings. The van der Waals surface area contributed by atoms with Crippen LogP contribution in [0.15, 0.2) is 24.3 Å². The van der Waals surface area contributed by atoms with Gasteiger partial charge in [0.1, 0.15) is 0 Å². The Morgan fingerprint density at radius 1 is 1.30 bits per heavy atom. The molecule has 108 valence electrons. The summed E-state index contributed by atoms with van der Waals surface area (Å²) in [5.74, 6) is 0.242. The number of anilines is 1. The lowest BCUT2D eigenvalue weighted by Gasteiger charge is -2.28. The van der Waals surface area contributed by atoms with Crippen molar-refractivity contribution in [2.75, 3.05) is 32.6 Å². The summed E-state index contributed by atoms with van der Waals surface area (Å²) >= 11 is 0. The number of methoxy groups -OCH3 is 1. The number of ether oxygens (including phenoxy) is 1. The van der Waals surface area contributed by atoms with Gasteiger partial charge in [0.15, 0.2) is 5.78 Å². The fourth-order valence-corrected chi connectivity index (χ4v) is 2.43. The highest BCUT2D eigenvalue weighted by Gasteiger charge is 2.24. The molecule has 1 saturated heterocycles. The van der Waals surface area contributed by atoms with Crippen LogP contribution in [0.25, 0.3) is 0 Å². The summed E-state index contributed by atoms with van der Waals surface area (Å²) in [7, 11) is 3.38. The molecule has 0 bridgehead atoms. The molecular weight excluding hydrogens is 256 g/mol. The Bertz CT molecular complexity index is 494. The maximum atomic E-state index is 12.5. The molecule has 0 saturated carbocycles. The average Bonchev–Trinajstić information content (AvgIpc) is 2.47. The van der Waals surface area contributed by atoms with Crippen molar-refractivity contribution < 1.29 is 14.3 Å². The maximum Gasteiger partial charge on any atom is 0.411 e. The van der Waals surface area contributed by atoms with Gasteiger partial charge in [0.2, 0.25) is 0 Å². The standard InChI is InChI=1S/C15H20N2O3/c1-17-8-6-11(7-9-17)14(18)12-4-3-5-13(10-12)16-15(19)20-2/h3-5,10-11H,6-9H2,1-2H3,(H,16,19). The first-order valence-electron chi connectivity index (χ1n) is 6.78. The molecule has 1 fully saturated rings. The van der Waals surface area contributed by atoms with Crippen molar-refractivity contribution in [1.29, 1.82) is 0 Å². The first kappa shape index (κ1) is 14.5. The highest BCUT2D eigenvalue weighted by atomic mass is 16.5. The van der Waals surface area contributed by atoms with Crippen LogP contribution < -0.4 is 5.32 Å². The van der Waals surface area contributed by atoms with Crippen molar-refractivity contribution in [1.82, 2.24) is 4.90 Å².